The second kappa shape index (κ2) is 7.57. The maximum absolute atomic E-state index is 9.83. The van der Waals surface area contributed by atoms with Gasteiger partial charge in [-0.15, -0.1) is 0 Å². The lowest BCUT2D eigenvalue weighted by Gasteiger charge is -2.16. The van der Waals surface area contributed by atoms with Gasteiger partial charge in [-0.05, 0) is 17.7 Å². The van der Waals surface area contributed by atoms with Crippen molar-refractivity contribution in [1.82, 2.24) is 20.0 Å². The fourth-order valence-electron chi connectivity index (χ4n) is 3.80. The predicted octanol–water partition coefficient (Wildman–Crippen LogP) is 1.95. The lowest BCUT2D eigenvalue weighted by molar-refractivity contribution is 0.199. The number of rotatable bonds is 7. The zero-order chi connectivity index (χ0) is 17.9. The van der Waals surface area contributed by atoms with E-state index in [0.29, 0.717) is 24.7 Å². The quantitative estimate of drug-likeness (QED) is 0.673. The number of aliphatic hydroxyl groups excluding tert-OH is 1. The van der Waals surface area contributed by atoms with Crippen LogP contribution in [0.15, 0.2) is 35.0 Å². The molecule has 1 saturated heterocycles. The highest BCUT2D eigenvalue weighted by Crippen LogP contribution is 2.33. The highest BCUT2D eigenvalue weighted by atomic mass is 16.5. The first kappa shape index (κ1) is 17.2. The van der Waals surface area contributed by atoms with E-state index in [1.807, 2.05) is 6.20 Å². The fraction of sp³-hybridized carbons (Fsp3) is 0.474. The molecule has 1 fully saturated rings. The van der Waals surface area contributed by atoms with Crippen molar-refractivity contribution < 1.29 is 14.4 Å². The molecule has 1 aliphatic heterocycles. The Balaban J connectivity index is 1.48. The minimum atomic E-state index is 0.0641. The van der Waals surface area contributed by atoms with Crippen LogP contribution in [0.5, 0.6) is 0 Å². The summed E-state index contributed by atoms with van der Waals surface area (Å²) in [5.74, 6) is 1.46. The van der Waals surface area contributed by atoms with Gasteiger partial charge in [0.1, 0.15) is 0 Å². The van der Waals surface area contributed by atoms with E-state index < -0.39 is 0 Å². The van der Waals surface area contributed by atoms with Crippen molar-refractivity contribution >= 4 is 10.9 Å². The molecule has 2 atom stereocenters. The number of H-pyrrole nitrogens is 1. The zero-order valence-electron chi connectivity index (χ0n) is 14.9. The second-order valence-corrected chi connectivity index (χ2v) is 6.89. The molecule has 0 unspecified atom stereocenters. The van der Waals surface area contributed by atoms with Crippen LogP contribution < -0.4 is 0 Å². The Bertz CT molecular complexity index is 859. The Labute approximate surface area is 152 Å². The monoisotopic (exact) mass is 356 g/mol. The molecule has 0 radical (unpaired) electrons. The summed E-state index contributed by atoms with van der Waals surface area (Å²) in [6.45, 7) is 3.15. The van der Waals surface area contributed by atoms with Crippen LogP contribution in [0.3, 0.4) is 0 Å². The lowest BCUT2D eigenvalue weighted by atomic mass is 9.97. The molecule has 7 nitrogen and oxygen atoms in total. The van der Waals surface area contributed by atoms with Crippen LogP contribution in [0.25, 0.3) is 10.9 Å². The maximum Gasteiger partial charge on any atom is 0.231 e. The number of benzene rings is 1. The van der Waals surface area contributed by atoms with Gasteiger partial charge in [0.25, 0.3) is 0 Å². The summed E-state index contributed by atoms with van der Waals surface area (Å²) in [6.07, 6.45) is 2.60. The van der Waals surface area contributed by atoms with Gasteiger partial charge in [0, 0.05) is 62.8 Å². The molecule has 1 aliphatic rings. The first-order chi connectivity index (χ1) is 12.8. The fourth-order valence-corrected chi connectivity index (χ4v) is 3.80. The van der Waals surface area contributed by atoms with E-state index >= 15 is 0 Å². The number of likely N-dealkylation sites (tertiary alicyclic amines) is 1. The molecule has 0 spiro atoms. The van der Waals surface area contributed by atoms with E-state index in [1.165, 1.54) is 10.9 Å². The van der Waals surface area contributed by atoms with E-state index in [0.717, 1.165) is 25.2 Å². The Morgan fingerprint density at radius 2 is 2.27 bits per heavy atom. The standard InChI is InChI=1S/C19H24N4O3/c1-25-8-6-18-21-19(26-22-18)16-11-23(10-14(16)12-24)9-13-3-2-4-17-15(13)5-7-20-17/h2-5,7,14,16,20,24H,6,8-12H2,1H3/t14-,16+/m0/s1. The first-order valence-corrected chi connectivity index (χ1v) is 8.98. The highest BCUT2D eigenvalue weighted by Gasteiger charge is 2.37. The zero-order valence-corrected chi connectivity index (χ0v) is 14.9. The second-order valence-electron chi connectivity index (χ2n) is 6.89. The number of hydrogen-bond acceptors (Lipinski definition) is 6. The maximum atomic E-state index is 9.83. The molecule has 0 bridgehead atoms. The molecule has 3 aromatic rings. The number of methoxy groups -OCH3 is 1. The molecular formula is C19H24N4O3. The third-order valence-electron chi connectivity index (χ3n) is 5.16. The van der Waals surface area contributed by atoms with Crippen LogP contribution in [-0.2, 0) is 17.7 Å². The number of nitrogens with one attached hydrogen (secondary N) is 1. The molecule has 26 heavy (non-hydrogen) atoms. The smallest absolute Gasteiger partial charge is 0.231 e. The predicted molar refractivity (Wildman–Crippen MR) is 96.8 cm³/mol. The number of fused-ring (bicyclic) bond motifs is 1. The van der Waals surface area contributed by atoms with Gasteiger partial charge < -0.3 is 19.4 Å². The van der Waals surface area contributed by atoms with E-state index in [4.69, 9.17) is 9.26 Å². The van der Waals surface area contributed by atoms with Crippen LogP contribution in [-0.4, -0.2) is 58.5 Å². The molecule has 2 aromatic heterocycles. The summed E-state index contributed by atoms with van der Waals surface area (Å²) in [5.41, 5.74) is 2.43. The van der Waals surface area contributed by atoms with Gasteiger partial charge in [0.05, 0.1) is 12.5 Å². The van der Waals surface area contributed by atoms with Crippen molar-refractivity contribution in [3.05, 3.63) is 47.7 Å². The summed E-state index contributed by atoms with van der Waals surface area (Å²) >= 11 is 0. The summed E-state index contributed by atoms with van der Waals surface area (Å²) in [5, 5.41) is 15.1. The van der Waals surface area contributed by atoms with E-state index in [2.05, 4.69) is 44.3 Å². The van der Waals surface area contributed by atoms with Gasteiger partial charge in [0.15, 0.2) is 5.82 Å². The van der Waals surface area contributed by atoms with Crippen molar-refractivity contribution in [2.45, 2.75) is 18.9 Å². The van der Waals surface area contributed by atoms with Crippen molar-refractivity contribution in [3.8, 4) is 0 Å². The van der Waals surface area contributed by atoms with E-state index in [-0.39, 0.29) is 18.4 Å². The van der Waals surface area contributed by atoms with Gasteiger partial charge in [0.2, 0.25) is 5.89 Å². The Kier molecular flexibility index (Phi) is 5.01. The largest absolute Gasteiger partial charge is 0.396 e. The molecule has 4 rings (SSSR count). The minimum absolute atomic E-state index is 0.0641. The van der Waals surface area contributed by atoms with Gasteiger partial charge in [-0.25, -0.2) is 0 Å². The first-order valence-electron chi connectivity index (χ1n) is 8.98. The van der Waals surface area contributed by atoms with Gasteiger partial charge in [-0.3, -0.25) is 4.90 Å². The van der Waals surface area contributed by atoms with Gasteiger partial charge in [-0.1, -0.05) is 17.3 Å². The number of aromatic amines is 1. The average molecular weight is 356 g/mol. The Hall–Kier alpha value is -2.22. The average Bonchev–Trinajstić information content (AvgIpc) is 3.39. The number of aliphatic hydroxyl groups is 1. The van der Waals surface area contributed by atoms with E-state index in [1.54, 1.807) is 7.11 Å². The Morgan fingerprint density at radius 1 is 1.35 bits per heavy atom. The molecule has 138 valence electrons. The Morgan fingerprint density at radius 3 is 3.12 bits per heavy atom. The van der Waals surface area contributed by atoms with Crippen LogP contribution in [0.2, 0.25) is 0 Å². The molecule has 0 amide bonds. The lowest BCUT2D eigenvalue weighted by Crippen LogP contribution is -2.21. The van der Waals surface area contributed by atoms with Crippen LogP contribution in [0.1, 0.15) is 23.2 Å². The topological polar surface area (TPSA) is 87.4 Å². The van der Waals surface area contributed by atoms with Crippen LogP contribution >= 0.6 is 0 Å². The molecular weight excluding hydrogens is 332 g/mol. The third kappa shape index (κ3) is 3.38. The summed E-state index contributed by atoms with van der Waals surface area (Å²) in [6, 6.07) is 8.43. The SMILES string of the molecule is COCCc1noc([C@@H]2CN(Cc3cccc4[nH]ccc34)C[C@H]2CO)n1. The van der Waals surface area contributed by atoms with E-state index in [9.17, 15) is 5.11 Å². The highest BCUT2D eigenvalue weighted by molar-refractivity contribution is 5.82. The molecule has 3 heterocycles. The van der Waals surface area contributed by atoms with Crippen LogP contribution in [0.4, 0.5) is 0 Å². The minimum Gasteiger partial charge on any atom is -0.396 e. The molecule has 7 heteroatoms. The molecule has 0 aliphatic carbocycles. The molecule has 0 saturated carbocycles. The third-order valence-corrected chi connectivity index (χ3v) is 5.16. The van der Waals surface area contributed by atoms with Crippen molar-refractivity contribution in [2.24, 2.45) is 5.92 Å². The molecule has 1 aromatic carbocycles. The van der Waals surface area contributed by atoms with Crippen LogP contribution in [0, 0.1) is 5.92 Å². The molecule has 2 N–H and O–H groups in total. The van der Waals surface area contributed by atoms with Gasteiger partial charge in [-0.2, -0.15) is 4.98 Å². The summed E-state index contributed by atoms with van der Waals surface area (Å²) in [4.78, 5) is 10.1. The van der Waals surface area contributed by atoms with Crippen molar-refractivity contribution in [2.75, 3.05) is 33.4 Å². The van der Waals surface area contributed by atoms with Crippen molar-refractivity contribution in [3.63, 3.8) is 0 Å². The summed E-state index contributed by atoms with van der Waals surface area (Å²) in [7, 11) is 1.66. The van der Waals surface area contributed by atoms with Crippen molar-refractivity contribution in [1.29, 1.82) is 0 Å². The number of ether oxygens (including phenoxy) is 1. The number of hydrogen-bond donors (Lipinski definition) is 2. The van der Waals surface area contributed by atoms with Gasteiger partial charge >= 0.3 is 0 Å². The summed E-state index contributed by atoms with van der Waals surface area (Å²) < 4.78 is 10.5. The normalized spacial score (nSPS) is 21.0. The number of nitrogens with zero attached hydrogens (tertiary/aromatic N) is 3. The number of aromatic nitrogens is 3.